The zero-order chi connectivity index (χ0) is 15.3. The fourth-order valence-corrected chi connectivity index (χ4v) is 3.57. The van der Waals surface area contributed by atoms with Gasteiger partial charge >= 0.3 is 0 Å². The summed E-state index contributed by atoms with van der Waals surface area (Å²) in [7, 11) is -3.60. The highest BCUT2D eigenvalue weighted by Gasteiger charge is 2.27. The van der Waals surface area contributed by atoms with Crippen molar-refractivity contribution in [3.63, 3.8) is 0 Å². The number of aromatic amines is 1. The topological polar surface area (TPSA) is 105 Å². The van der Waals surface area contributed by atoms with E-state index >= 15 is 0 Å². The summed E-state index contributed by atoms with van der Waals surface area (Å²) in [5.41, 5.74) is 6.87. The van der Waals surface area contributed by atoms with Crippen molar-refractivity contribution in [2.75, 3.05) is 13.1 Å². The highest BCUT2D eigenvalue weighted by Crippen LogP contribution is 2.20. The molecule has 0 bridgehead atoms. The zero-order valence-corrected chi connectivity index (χ0v) is 12.7. The van der Waals surface area contributed by atoms with Crippen molar-refractivity contribution >= 4 is 10.0 Å². The molecule has 0 spiro atoms. The van der Waals surface area contributed by atoms with Crippen LogP contribution in [0.4, 0.5) is 0 Å². The van der Waals surface area contributed by atoms with Crippen LogP contribution in [0.15, 0.2) is 35.6 Å². The molecule has 0 amide bonds. The average molecular weight is 309 g/mol. The molecule has 114 valence electrons. The molecule has 21 heavy (non-hydrogen) atoms. The van der Waals surface area contributed by atoms with E-state index in [1.54, 1.807) is 25.4 Å². The molecule has 0 radical (unpaired) electrons. The van der Waals surface area contributed by atoms with E-state index < -0.39 is 10.0 Å². The molecular weight excluding hydrogens is 290 g/mol. The van der Waals surface area contributed by atoms with Crippen LogP contribution in [-0.4, -0.2) is 41.0 Å². The minimum atomic E-state index is -3.60. The average Bonchev–Trinajstić information content (AvgIpc) is 2.91. The Labute approximate surface area is 124 Å². The summed E-state index contributed by atoms with van der Waals surface area (Å²) in [5.74, 6) is 0. The van der Waals surface area contributed by atoms with Gasteiger partial charge in [0.25, 0.3) is 0 Å². The van der Waals surface area contributed by atoms with Gasteiger partial charge in [-0.1, -0.05) is 6.07 Å². The second-order valence-corrected chi connectivity index (χ2v) is 6.61. The van der Waals surface area contributed by atoms with Crippen LogP contribution in [-0.2, 0) is 16.6 Å². The van der Waals surface area contributed by atoms with E-state index in [1.165, 1.54) is 10.5 Å². The van der Waals surface area contributed by atoms with Crippen LogP contribution < -0.4 is 5.73 Å². The third-order valence-electron chi connectivity index (χ3n) is 3.09. The van der Waals surface area contributed by atoms with Crippen LogP contribution in [0, 0.1) is 6.92 Å². The Hall–Kier alpha value is -1.77. The number of pyridine rings is 1. The van der Waals surface area contributed by atoms with Crippen molar-refractivity contribution < 1.29 is 8.42 Å². The summed E-state index contributed by atoms with van der Waals surface area (Å²) in [6.45, 7) is 2.74. The second-order valence-electron chi connectivity index (χ2n) is 4.70. The largest absolute Gasteiger partial charge is 0.330 e. The van der Waals surface area contributed by atoms with Crippen LogP contribution in [0.5, 0.6) is 0 Å². The Kier molecular flexibility index (Phi) is 5.05. The first-order valence-corrected chi connectivity index (χ1v) is 8.09. The summed E-state index contributed by atoms with van der Waals surface area (Å²) in [6, 6.07) is 3.63. The molecule has 0 aliphatic rings. The lowest BCUT2D eigenvalue weighted by atomic mass is 10.3. The van der Waals surface area contributed by atoms with Gasteiger partial charge in [0.2, 0.25) is 10.0 Å². The van der Waals surface area contributed by atoms with Gasteiger partial charge in [-0.25, -0.2) is 8.42 Å². The number of sulfonamides is 1. The highest BCUT2D eigenvalue weighted by atomic mass is 32.2. The Bertz CT molecular complexity index is 669. The van der Waals surface area contributed by atoms with E-state index in [-0.39, 0.29) is 11.4 Å². The fourth-order valence-electron chi connectivity index (χ4n) is 1.99. The van der Waals surface area contributed by atoms with Crippen molar-refractivity contribution in [2.45, 2.75) is 24.8 Å². The van der Waals surface area contributed by atoms with E-state index in [9.17, 15) is 8.42 Å². The van der Waals surface area contributed by atoms with Crippen LogP contribution in [0.2, 0.25) is 0 Å². The molecule has 7 nitrogen and oxygen atoms in total. The van der Waals surface area contributed by atoms with E-state index in [2.05, 4.69) is 15.2 Å². The number of nitrogens with two attached hydrogens (primary N) is 1. The molecule has 0 unspecified atom stereocenters. The van der Waals surface area contributed by atoms with Gasteiger partial charge in [0.05, 0.1) is 11.9 Å². The van der Waals surface area contributed by atoms with Crippen LogP contribution in [0.25, 0.3) is 0 Å². The highest BCUT2D eigenvalue weighted by molar-refractivity contribution is 7.89. The number of aromatic nitrogens is 3. The molecule has 0 aliphatic carbocycles. The van der Waals surface area contributed by atoms with Gasteiger partial charge in [-0.05, 0) is 31.5 Å². The van der Waals surface area contributed by atoms with Crippen molar-refractivity contribution in [1.29, 1.82) is 0 Å². The maximum absolute atomic E-state index is 12.7. The molecule has 0 saturated carbocycles. The maximum atomic E-state index is 12.7. The van der Waals surface area contributed by atoms with Crippen LogP contribution >= 0.6 is 0 Å². The second kappa shape index (κ2) is 6.79. The summed E-state index contributed by atoms with van der Waals surface area (Å²) in [6.07, 6.45) is 5.25. The van der Waals surface area contributed by atoms with E-state index in [0.29, 0.717) is 25.2 Å². The predicted octanol–water partition coefficient (Wildman–Crippen LogP) is 0.653. The lowest BCUT2D eigenvalue weighted by molar-refractivity contribution is 0.401. The molecule has 0 aliphatic heterocycles. The molecule has 8 heteroatoms. The summed E-state index contributed by atoms with van der Waals surface area (Å²) in [5, 5.41) is 6.45. The smallest absolute Gasteiger partial charge is 0.246 e. The Morgan fingerprint density at radius 2 is 2.19 bits per heavy atom. The first-order valence-electron chi connectivity index (χ1n) is 6.65. The Morgan fingerprint density at radius 1 is 1.38 bits per heavy atom. The molecule has 0 atom stereocenters. The Morgan fingerprint density at radius 3 is 2.76 bits per heavy atom. The summed E-state index contributed by atoms with van der Waals surface area (Å²) in [4.78, 5) is 4.21. The van der Waals surface area contributed by atoms with Crippen molar-refractivity contribution in [3.05, 3.63) is 42.0 Å². The van der Waals surface area contributed by atoms with Gasteiger partial charge in [-0.15, -0.1) is 0 Å². The number of nitrogens with zero attached hydrogens (tertiary/aromatic N) is 3. The Balaban J connectivity index is 2.29. The van der Waals surface area contributed by atoms with E-state index in [0.717, 1.165) is 5.56 Å². The van der Waals surface area contributed by atoms with Gasteiger partial charge < -0.3 is 5.73 Å². The molecule has 0 aromatic carbocycles. The molecule has 2 rings (SSSR count). The minimum Gasteiger partial charge on any atom is -0.330 e. The zero-order valence-electron chi connectivity index (χ0n) is 11.9. The van der Waals surface area contributed by atoms with E-state index in [1.807, 2.05) is 6.07 Å². The molecule has 0 fully saturated rings. The summed E-state index contributed by atoms with van der Waals surface area (Å²) < 4.78 is 26.9. The predicted molar refractivity (Wildman–Crippen MR) is 78.8 cm³/mol. The van der Waals surface area contributed by atoms with Gasteiger partial charge in [-0.3, -0.25) is 10.1 Å². The lowest BCUT2D eigenvalue weighted by Crippen LogP contribution is -2.32. The van der Waals surface area contributed by atoms with E-state index in [4.69, 9.17) is 5.73 Å². The number of H-pyrrole nitrogens is 1. The maximum Gasteiger partial charge on any atom is 0.246 e. The fraction of sp³-hybridized carbons (Fsp3) is 0.385. The monoisotopic (exact) mass is 309 g/mol. The first-order chi connectivity index (χ1) is 10.1. The summed E-state index contributed by atoms with van der Waals surface area (Å²) >= 11 is 0. The van der Waals surface area contributed by atoms with Crippen LogP contribution in [0.3, 0.4) is 0 Å². The quantitative estimate of drug-likeness (QED) is 0.781. The number of nitrogens with one attached hydrogen (secondary N) is 1. The lowest BCUT2D eigenvalue weighted by Gasteiger charge is -2.21. The first kappa shape index (κ1) is 15.6. The molecule has 2 heterocycles. The number of rotatable bonds is 7. The van der Waals surface area contributed by atoms with Crippen LogP contribution in [0.1, 0.15) is 17.7 Å². The third-order valence-corrected chi connectivity index (χ3v) is 5.05. The third kappa shape index (κ3) is 3.66. The van der Waals surface area contributed by atoms with Crippen molar-refractivity contribution in [3.8, 4) is 0 Å². The standard InChI is InChI=1S/C13H19N5O2S/c1-11-13(9-16-17-11)21(19,20)18(7-3-5-14)10-12-4-2-6-15-8-12/h2,4,6,8-9H,3,5,7,10,14H2,1H3,(H,16,17). The van der Waals surface area contributed by atoms with Crippen molar-refractivity contribution in [1.82, 2.24) is 19.5 Å². The molecule has 0 saturated heterocycles. The normalized spacial score (nSPS) is 12.0. The number of hydrogen-bond acceptors (Lipinski definition) is 5. The molecule has 2 aromatic heterocycles. The number of hydrogen-bond donors (Lipinski definition) is 2. The number of aryl methyl sites for hydroxylation is 1. The minimum absolute atomic E-state index is 0.198. The molecular formula is C13H19N5O2S. The van der Waals surface area contributed by atoms with Gasteiger partial charge in [0, 0.05) is 25.5 Å². The van der Waals surface area contributed by atoms with Gasteiger partial charge in [0.1, 0.15) is 4.90 Å². The molecule has 2 aromatic rings. The SMILES string of the molecule is Cc1[nH]ncc1S(=O)(=O)N(CCCN)Cc1cccnc1. The van der Waals surface area contributed by atoms with Crippen molar-refractivity contribution in [2.24, 2.45) is 5.73 Å². The van der Waals surface area contributed by atoms with Gasteiger partial charge in [-0.2, -0.15) is 9.40 Å². The van der Waals surface area contributed by atoms with Gasteiger partial charge in [0.15, 0.2) is 0 Å². The molecule has 3 N–H and O–H groups in total.